The summed E-state index contributed by atoms with van der Waals surface area (Å²) in [5, 5.41) is 5.62. The third-order valence-electron chi connectivity index (χ3n) is 5.67. The minimum Gasteiger partial charge on any atom is -0.322 e. The zero-order valence-corrected chi connectivity index (χ0v) is 16.7. The first-order valence-electron chi connectivity index (χ1n) is 10.0. The van der Waals surface area contributed by atoms with E-state index in [2.05, 4.69) is 15.6 Å². The molecule has 3 aromatic rings. The Kier molecular flexibility index (Phi) is 4.66. The van der Waals surface area contributed by atoms with Gasteiger partial charge in [-0.3, -0.25) is 24.5 Å². The molecule has 0 radical (unpaired) electrons. The lowest BCUT2D eigenvalue weighted by Crippen LogP contribution is -2.52. The van der Waals surface area contributed by atoms with Gasteiger partial charge in [-0.15, -0.1) is 0 Å². The predicted molar refractivity (Wildman–Crippen MR) is 112 cm³/mol. The van der Waals surface area contributed by atoms with Crippen molar-refractivity contribution < 1.29 is 23.6 Å². The number of carbonyl (C=O) groups excluding carboxylic acids is 4. The Morgan fingerprint density at radius 3 is 2.75 bits per heavy atom. The largest absolute Gasteiger partial charge is 0.322 e. The molecule has 0 spiro atoms. The van der Waals surface area contributed by atoms with E-state index in [1.54, 1.807) is 24.3 Å². The molecule has 8 nitrogen and oxygen atoms in total. The maximum Gasteiger partial charge on any atom is 0.274 e. The molecule has 2 aliphatic heterocycles. The normalized spacial score (nSPS) is 18.0. The van der Waals surface area contributed by atoms with Crippen LogP contribution in [0.25, 0.3) is 10.9 Å². The molecule has 1 aromatic heterocycles. The summed E-state index contributed by atoms with van der Waals surface area (Å²) in [6.45, 7) is 0.212. The number of aromatic nitrogens is 1. The Morgan fingerprint density at radius 1 is 1.09 bits per heavy atom. The van der Waals surface area contributed by atoms with Gasteiger partial charge < -0.3 is 10.2 Å². The van der Waals surface area contributed by atoms with Crippen molar-refractivity contribution in [1.29, 1.82) is 0 Å². The minimum absolute atomic E-state index is 0.172. The highest BCUT2D eigenvalue weighted by Crippen LogP contribution is 2.29. The van der Waals surface area contributed by atoms with Crippen molar-refractivity contribution in [2.75, 3.05) is 5.32 Å². The number of piperidine rings is 1. The lowest BCUT2D eigenvalue weighted by Gasteiger charge is -2.29. The molecule has 160 valence electrons. The van der Waals surface area contributed by atoms with Crippen LogP contribution in [-0.2, 0) is 16.1 Å². The van der Waals surface area contributed by atoms with Crippen LogP contribution in [0.4, 0.5) is 10.1 Å². The van der Waals surface area contributed by atoms with Crippen molar-refractivity contribution in [3.05, 3.63) is 71.2 Å². The van der Waals surface area contributed by atoms with E-state index in [1.165, 1.54) is 29.2 Å². The number of amides is 4. The first kappa shape index (κ1) is 19.8. The summed E-state index contributed by atoms with van der Waals surface area (Å²) >= 11 is 0. The zero-order chi connectivity index (χ0) is 22.4. The van der Waals surface area contributed by atoms with E-state index < -0.39 is 17.9 Å². The first-order valence-corrected chi connectivity index (χ1v) is 10.0. The zero-order valence-electron chi connectivity index (χ0n) is 16.7. The molecule has 9 heteroatoms. The molecule has 0 saturated carbocycles. The van der Waals surface area contributed by atoms with Gasteiger partial charge in [0, 0.05) is 29.6 Å². The molecule has 32 heavy (non-hydrogen) atoms. The molecule has 1 fully saturated rings. The maximum absolute atomic E-state index is 13.3. The fourth-order valence-corrected chi connectivity index (χ4v) is 4.07. The first-order chi connectivity index (χ1) is 15.4. The van der Waals surface area contributed by atoms with Crippen LogP contribution in [0.3, 0.4) is 0 Å². The number of nitrogens with one attached hydrogen (secondary N) is 2. The lowest BCUT2D eigenvalue weighted by atomic mass is 10.0. The predicted octanol–water partition coefficient (Wildman–Crippen LogP) is 2.39. The molecule has 1 atom stereocenters. The van der Waals surface area contributed by atoms with Gasteiger partial charge in [-0.05, 0) is 54.4 Å². The second-order valence-electron chi connectivity index (χ2n) is 7.76. The third kappa shape index (κ3) is 3.47. The van der Waals surface area contributed by atoms with Gasteiger partial charge in [-0.2, -0.15) is 0 Å². The summed E-state index contributed by atoms with van der Waals surface area (Å²) < 4.78 is 13.3. The monoisotopic (exact) mass is 432 g/mol. The SMILES string of the molecule is O=C1CCC(N2Cc3cc(NC(=O)c4ccc5cc(F)ccc5n4)ccc3C2=O)C(=O)N1. The number of rotatable bonds is 3. The molecular weight excluding hydrogens is 415 g/mol. The number of carbonyl (C=O) groups is 4. The van der Waals surface area contributed by atoms with Gasteiger partial charge >= 0.3 is 0 Å². The van der Waals surface area contributed by atoms with Crippen LogP contribution in [0.2, 0.25) is 0 Å². The van der Waals surface area contributed by atoms with Crippen molar-refractivity contribution in [3.8, 4) is 0 Å². The van der Waals surface area contributed by atoms with Gasteiger partial charge in [0.15, 0.2) is 0 Å². The molecular formula is C23H17FN4O4. The molecule has 2 aliphatic rings. The Labute approximate surface area is 181 Å². The second-order valence-corrected chi connectivity index (χ2v) is 7.76. The topological polar surface area (TPSA) is 108 Å². The highest BCUT2D eigenvalue weighted by Gasteiger charge is 2.39. The van der Waals surface area contributed by atoms with Crippen molar-refractivity contribution in [2.24, 2.45) is 0 Å². The van der Waals surface area contributed by atoms with Gasteiger partial charge in [-0.25, -0.2) is 9.37 Å². The molecule has 3 heterocycles. The van der Waals surface area contributed by atoms with Gasteiger partial charge in [0.25, 0.3) is 11.8 Å². The Hall–Kier alpha value is -4.14. The van der Waals surface area contributed by atoms with Crippen molar-refractivity contribution in [3.63, 3.8) is 0 Å². The number of fused-ring (bicyclic) bond motifs is 2. The van der Waals surface area contributed by atoms with Crippen LogP contribution in [0, 0.1) is 5.82 Å². The fraction of sp³-hybridized carbons (Fsp3) is 0.174. The highest BCUT2D eigenvalue weighted by molar-refractivity contribution is 6.07. The number of nitrogens with zero attached hydrogens (tertiary/aromatic N) is 2. The number of halogens is 1. The summed E-state index contributed by atoms with van der Waals surface area (Å²) in [7, 11) is 0. The number of hydrogen-bond acceptors (Lipinski definition) is 5. The van der Waals surface area contributed by atoms with E-state index >= 15 is 0 Å². The summed E-state index contributed by atoms with van der Waals surface area (Å²) in [4.78, 5) is 54.7. The van der Waals surface area contributed by atoms with Gasteiger partial charge in [0.2, 0.25) is 11.8 Å². The van der Waals surface area contributed by atoms with Crippen LogP contribution in [-0.4, -0.2) is 39.6 Å². The molecule has 1 unspecified atom stereocenters. The van der Waals surface area contributed by atoms with Gasteiger partial charge in [0.1, 0.15) is 17.6 Å². The third-order valence-corrected chi connectivity index (χ3v) is 5.67. The van der Waals surface area contributed by atoms with Crippen LogP contribution in [0.1, 0.15) is 39.3 Å². The van der Waals surface area contributed by atoms with E-state index in [-0.39, 0.29) is 42.7 Å². The molecule has 4 amide bonds. The average Bonchev–Trinajstić information content (AvgIpc) is 3.09. The number of imide groups is 1. The lowest BCUT2D eigenvalue weighted by molar-refractivity contribution is -0.136. The standard InChI is InChI=1S/C23H17FN4O4/c24-14-2-6-17-12(9-14)1-5-18(26-17)21(30)25-15-3-4-16-13(10-15)11-28(23(16)32)19-7-8-20(29)27-22(19)31/h1-6,9-10,19H,7-8,11H2,(H,25,30)(H,27,29,31). The average molecular weight is 432 g/mol. The Bertz CT molecular complexity index is 1320. The van der Waals surface area contributed by atoms with E-state index in [0.717, 1.165) is 0 Å². The molecule has 0 aliphatic carbocycles. The number of pyridine rings is 1. The van der Waals surface area contributed by atoms with E-state index in [0.29, 0.717) is 27.7 Å². The smallest absolute Gasteiger partial charge is 0.274 e. The van der Waals surface area contributed by atoms with Gasteiger partial charge in [0.05, 0.1) is 5.52 Å². The second kappa shape index (κ2) is 7.52. The quantitative estimate of drug-likeness (QED) is 0.618. The van der Waals surface area contributed by atoms with Crippen LogP contribution in [0.5, 0.6) is 0 Å². The number of anilines is 1. The summed E-state index contributed by atoms with van der Waals surface area (Å²) in [5.74, 6) is -1.92. The molecule has 0 bridgehead atoms. The van der Waals surface area contributed by atoms with Crippen molar-refractivity contribution >= 4 is 40.2 Å². The van der Waals surface area contributed by atoms with E-state index in [4.69, 9.17) is 0 Å². The fourth-order valence-electron chi connectivity index (χ4n) is 4.07. The van der Waals surface area contributed by atoms with Crippen LogP contribution < -0.4 is 10.6 Å². The summed E-state index contributed by atoms with van der Waals surface area (Å²) in [6.07, 6.45) is 0.467. The van der Waals surface area contributed by atoms with Crippen molar-refractivity contribution in [2.45, 2.75) is 25.4 Å². The van der Waals surface area contributed by atoms with Crippen LogP contribution in [0.15, 0.2) is 48.5 Å². The van der Waals surface area contributed by atoms with Gasteiger partial charge in [-0.1, -0.05) is 6.07 Å². The van der Waals surface area contributed by atoms with E-state index in [9.17, 15) is 23.6 Å². The Balaban J connectivity index is 1.34. The van der Waals surface area contributed by atoms with Crippen molar-refractivity contribution in [1.82, 2.24) is 15.2 Å². The number of hydrogen-bond donors (Lipinski definition) is 2. The summed E-state index contributed by atoms with van der Waals surface area (Å²) in [6, 6.07) is 11.5. The molecule has 5 rings (SSSR count). The van der Waals surface area contributed by atoms with Crippen LogP contribution >= 0.6 is 0 Å². The highest BCUT2D eigenvalue weighted by atomic mass is 19.1. The molecule has 2 N–H and O–H groups in total. The van der Waals surface area contributed by atoms with E-state index in [1.807, 2.05) is 0 Å². The number of benzene rings is 2. The molecule has 1 saturated heterocycles. The minimum atomic E-state index is -0.697. The maximum atomic E-state index is 13.3. The summed E-state index contributed by atoms with van der Waals surface area (Å²) in [5.41, 5.74) is 2.29. The Morgan fingerprint density at radius 2 is 1.94 bits per heavy atom. The molecule has 2 aromatic carbocycles.